The normalized spacial score (nSPS) is 12.8. The van der Waals surface area contributed by atoms with Crippen LogP contribution in [0.5, 0.6) is 0 Å². The van der Waals surface area contributed by atoms with E-state index in [4.69, 9.17) is 0 Å². The fourth-order valence-electron chi connectivity index (χ4n) is 3.72. The van der Waals surface area contributed by atoms with Crippen LogP contribution in [-0.2, 0) is 0 Å². The number of fused-ring (bicyclic) bond motifs is 6. The summed E-state index contributed by atoms with van der Waals surface area (Å²) in [6, 6.07) is 19.9. The molecule has 0 fully saturated rings. The van der Waals surface area contributed by atoms with E-state index in [2.05, 4.69) is 59.6 Å². The summed E-state index contributed by atoms with van der Waals surface area (Å²) in [5.74, 6) is 0. The molecule has 3 heterocycles. The molecule has 0 radical (unpaired) electrons. The SMILES string of the molecule is c1ccc2c(c1)sc1c3cccc4c3c(cc21)-c1ccncc1S4. The molecule has 24 heavy (non-hydrogen) atoms. The number of nitrogens with zero attached hydrogens (tertiary/aromatic N) is 1. The van der Waals surface area contributed by atoms with Crippen molar-refractivity contribution in [2.45, 2.75) is 9.79 Å². The lowest BCUT2D eigenvalue weighted by molar-refractivity contribution is 1.23. The Hall–Kier alpha value is -2.36. The first-order valence-corrected chi connectivity index (χ1v) is 9.53. The first-order chi connectivity index (χ1) is 11.9. The molecule has 2 aromatic heterocycles. The summed E-state index contributed by atoms with van der Waals surface area (Å²) in [5, 5.41) is 5.48. The maximum Gasteiger partial charge on any atom is 0.0434 e. The maximum absolute atomic E-state index is 4.32. The Labute approximate surface area is 147 Å². The topological polar surface area (TPSA) is 12.9 Å². The summed E-state index contributed by atoms with van der Waals surface area (Å²) in [5.41, 5.74) is 2.64. The van der Waals surface area contributed by atoms with Crippen molar-refractivity contribution in [3.8, 4) is 11.1 Å². The smallest absolute Gasteiger partial charge is 0.0434 e. The van der Waals surface area contributed by atoms with Crippen LogP contribution < -0.4 is 0 Å². The highest BCUT2D eigenvalue weighted by atomic mass is 32.2. The van der Waals surface area contributed by atoms with Crippen molar-refractivity contribution in [1.82, 2.24) is 4.98 Å². The van der Waals surface area contributed by atoms with Crippen molar-refractivity contribution in [3.63, 3.8) is 0 Å². The van der Waals surface area contributed by atoms with E-state index in [-0.39, 0.29) is 0 Å². The lowest BCUT2D eigenvalue weighted by Crippen LogP contribution is -1.93. The predicted molar refractivity (Wildman–Crippen MR) is 104 cm³/mol. The fraction of sp³-hybridized carbons (Fsp3) is 0. The van der Waals surface area contributed by atoms with Crippen LogP contribution in [0.25, 0.3) is 42.1 Å². The van der Waals surface area contributed by atoms with E-state index in [9.17, 15) is 0 Å². The van der Waals surface area contributed by atoms with Crippen molar-refractivity contribution >= 4 is 54.0 Å². The Bertz CT molecular complexity index is 1280. The van der Waals surface area contributed by atoms with E-state index >= 15 is 0 Å². The standard InChI is InChI=1S/C21H11NS2/c1-2-6-17-12(4-1)16-10-15-13-8-9-22-11-19(13)23-18-7-3-5-14(20(15)18)21(16)24-17/h1-11H. The van der Waals surface area contributed by atoms with Gasteiger partial charge < -0.3 is 0 Å². The second-order valence-electron chi connectivity index (χ2n) is 6.05. The van der Waals surface area contributed by atoms with Gasteiger partial charge in [-0.3, -0.25) is 4.98 Å². The summed E-state index contributed by atoms with van der Waals surface area (Å²) in [6.07, 6.45) is 3.88. The molecule has 0 spiro atoms. The van der Waals surface area contributed by atoms with Crippen LogP contribution in [0.15, 0.2) is 76.8 Å². The zero-order valence-electron chi connectivity index (χ0n) is 12.6. The summed E-state index contributed by atoms with van der Waals surface area (Å²) in [4.78, 5) is 6.90. The van der Waals surface area contributed by atoms with Gasteiger partial charge in [0.25, 0.3) is 0 Å². The molecule has 0 amide bonds. The number of hydrogen-bond donors (Lipinski definition) is 0. The summed E-state index contributed by atoms with van der Waals surface area (Å²) in [6.45, 7) is 0. The second kappa shape index (κ2) is 4.59. The molecule has 0 saturated carbocycles. The molecule has 0 aliphatic carbocycles. The van der Waals surface area contributed by atoms with Gasteiger partial charge in [-0.1, -0.05) is 42.1 Å². The fourth-order valence-corrected chi connectivity index (χ4v) is 6.04. The molecular formula is C21H11NS2. The van der Waals surface area contributed by atoms with Crippen LogP contribution in [0.2, 0.25) is 0 Å². The van der Waals surface area contributed by atoms with Gasteiger partial charge in [-0.05, 0) is 35.4 Å². The quantitative estimate of drug-likeness (QED) is 0.304. The van der Waals surface area contributed by atoms with Crippen LogP contribution in [0.3, 0.4) is 0 Å². The molecule has 5 aromatic rings. The lowest BCUT2D eigenvalue weighted by Gasteiger charge is -2.20. The molecule has 0 N–H and O–H groups in total. The number of thiophene rings is 1. The minimum absolute atomic E-state index is 1.25. The highest BCUT2D eigenvalue weighted by Crippen LogP contribution is 2.51. The number of rotatable bonds is 0. The van der Waals surface area contributed by atoms with E-state index in [1.165, 1.54) is 51.9 Å². The minimum atomic E-state index is 1.25. The summed E-state index contributed by atoms with van der Waals surface area (Å²) in [7, 11) is 0. The Morgan fingerprint density at radius 1 is 0.750 bits per heavy atom. The largest absolute Gasteiger partial charge is 0.264 e. The number of aromatic nitrogens is 1. The number of pyridine rings is 1. The molecule has 1 nitrogen and oxygen atoms in total. The van der Waals surface area contributed by atoms with Gasteiger partial charge in [0.2, 0.25) is 0 Å². The van der Waals surface area contributed by atoms with Gasteiger partial charge >= 0.3 is 0 Å². The van der Waals surface area contributed by atoms with Gasteiger partial charge in [-0.15, -0.1) is 11.3 Å². The lowest BCUT2D eigenvalue weighted by atomic mass is 9.95. The molecule has 0 unspecified atom stereocenters. The molecule has 6 rings (SSSR count). The third-order valence-corrected chi connectivity index (χ3v) is 7.08. The van der Waals surface area contributed by atoms with Crippen LogP contribution in [-0.4, -0.2) is 4.98 Å². The minimum Gasteiger partial charge on any atom is -0.264 e. The second-order valence-corrected chi connectivity index (χ2v) is 8.19. The third-order valence-electron chi connectivity index (χ3n) is 4.76. The maximum atomic E-state index is 4.32. The van der Waals surface area contributed by atoms with Gasteiger partial charge in [-0.25, -0.2) is 0 Å². The van der Waals surface area contributed by atoms with Gasteiger partial charge in [-0.2, -0.15) is 0 Å². The molecule has 3 heteroatoms. The summed E-state index contributed by atoms with van der Waals surface area (Å²) >= 11 is 3.74. The Kier molecular flexibility index (Phi) is 2.49. The van der Waals surface area contributed by atoms with Crippen molar-refractivity contribution in [1.29, 1.82) is 0 Å². The van der Waals surface area contributed by atoms with Gasteiger partial charge in [0.05, 0.1) is 0 Å². The van der Waals surface area contributed by atoms with Gasteiger partial charge in [0, 0.05) is 53.1 Å². The van der Waals surface area contributed by atoms with E-state index < -0.39 is 0 Å². The molecule has 1 aliphatic rings. The van der Waals surface area contributed by atoms with E-state index in [0.29, 0.717) is 0 Å². The Balaban J connectivity index is 1.91. The van der Waals surface area contributed by atoms with Crippen molar-refractivity contribution < 1.29 is 0 Å². The van der Waals surface area contributed by atoms with E-state index in [1.54, 1.807) is 0 Å². The monoisotopic (exact) mass is 341 g/mol. The highest BCUT2D eigenvalue weighted by Gasteiger charge is 2.21. The van der Waals surface area contributed by atoms with Crippen LogP contribution >= 0.6 is 23.1 Å². The number of hydrogen-bond acceptors (Lipinski definition) is 3. The molecule has 0 saturated heterocycles. The zero-order chi connectivity index (χ0) is 15.7. The average molecular weight is 341 g/mol. The molecule has 112 valence electrons. The zero-order valence-corrected chi connectivity index (χ0v) is 14.2. The van der Waals surface area contributed by atoms with Crippen LogP contribution in [0.1, 0.15) is 0 Å². The van der Waals surface area contributed by atoms with E-state index in [0.717, 1.165) is 0 Å². The Morgan fingerprint density at radius 2 is 1.67 bits per heavy atom. The molecule has 0 bridgehead atoms. The third kappa shape index (κ3) is 1.58. The van der Waals surface area contributed by atoms with Crippen LogP contribution in [0.4, 0.5) is 0 Å². The van der Waals surface area contributed by atoms with Gasteiger partial charge in [0.1, 0.15) is 0 Å². The van der Waals surface area contributed by atoms with Crippen molar-refractivity contribution in [3.05, 3.63) is 67.0 Å². The average Bonchev–Trinajstić information content (AvgIpc) is 3.01. The summed E-state index contributed by atoms with van der Waals surface area (Å²) < 4.78 is 2.76. The van der Waals surface area contributed by atoms with Crippen LogP contribution in [0, 0.1) is 0 Å². The molecule has 3 aromatic carbocycles. The Morgan fingerprint density at radius 3 is 2.67 bits per heavy atom. The highest BCUT2D eigenvalue weighted by molar-refractivity contribution is 7.99. The van der Waals surface area contributed by atoms with E-state index in [1.807, 2.05) is 35.5 Å². The first-order valence-electron chi connectivity index (χ1n) is 7.89. The van der Waals surface area contributed by atoms with Crippen molar-refractivity contribution in [2.24, 2.45) is 0 Å². The van der Waals surface area contributed by atoms with Gasteiger partial charge in [0.15, 0.2) is 0 Å². The molecule has 1 aliphatic heterocycles. The van der Waals surface area contributed by atoms with Crippen molar-refractivity contribution in [2.75, 3.05) is 0 Å². The molecule has 0 atom stereocenters. The number of benzene rings is 3. The first kappa shape index (κ1) is 13.0. The predicted octanol–water partition coefficient (Wildman–Crippen LogP) is 6.73. The molecular weight excluding hydrogens is 330 g/mol.